The van der Waals surface area contributed by atoms with E-state index in [-0.39, 0.29) is 10.8 Å². The lowest BCUT2D eigenvalue weighted by atomic mass is 10.0. The molecule has 0 aliphatic heterocycles. The van der Waals surface area contributed by atoms with Gasteiger partial charge in [-0.25, -0.2) is 9.18 Å². The summed E-state index contributed by atoms with van der Waals surface area (Å²) in [7, 11) is 1.41. The zero-order valence-electron chi connectivity index (χ0n) is 8.59. The molecule has 0 N–H and O–H groups in total. The first-order valence-corrected chi connectivity index (χ1v) is 5.14. The number of rotatable bonds is 3. The van der Waals surface area contributed by atoms with Gasteiger partial charge in [0.1, 0.15) is 16.3 Å². The standard InChI is InChI=1S/C11H9ClFNO2/c1-16-8-3-2-7(10(13)9(8)12)11(4-5-11)14-6-15/h2-3H,4-5H2,1H3. The molecule has 16 heavy (non-hydrogen) atoms. The van der Waals surface area contributed by atoms with E-state index >= 15 is 0 Å². The van der Waals surface area contributed by atoms with Crippen molar-refractivity contribution in [1.82, 2.24) is 0 Å². The molecule has 1 aromatic carbocycles. The highest BCUT2D eigenvalue weighted by Crippen LogP contribution is 2.51. The average Bonchev–Trinajstić information content (AvgIpc) is 3.03. The molecule has 0 amide bonds. The molecule has 0 saturated heterocycles. The quantitative estimate of drug-likeness (QED) is 0.603. The summed E-state index contributed by atoms with van der Waals surface area (Å²) in [5, 5.41) is -0.0765. The van der Waals surface area contributed by atoms with E-state index in [4.69, 9.17) is 16.3 Å². The van der Waals surface area contributed by atoms with Crippen molar-refractivity contribution in [2.75, 3.05) is 7.11 Å². The predicted molar refractivity (Wildman–Crippen MR) is 57.0 cm³/mol. The van der Waals surface area contributed by atoms with Crippen molar-refractivity contribution in [3.05, 3.63) is 28.5 Å². The van der Waals surface area contributed by atoms with Crippen molar-refractivity contribution in [3.63, 3.8) is 0 Å². The Morgan fingerprint density at radius 2 is 2.25 bits per heavy atom. The van der Waals surface area contributed by atoms with Crippen LogP contribution in [0, 0.1) is 5.82 Å². The Morgan fingerprint density at radius 3 is 2.75 bits per heavy atom. The van der Waals surface area contributed by atoms with E-state index in [0.717, 1.165) is 0 Å². The molecule has 1 aliphatic carbocycles. The molecule has 0 bridgehead atoms. The molecule has 1 aliphatic rings. The second-order valence-electron chi connectivity index (χ2n) is 3.68. The number of isocyanates is 1. The van der Waals surface area contributed by atoms with Crippen LogP contribution in [0.15, 0.2) is 17.1 Å². The number of hydrogen-bond acceptors (Lipinski definition) is 3. The van der Waals surface area contributed by atoms with Gasteiger partial charge in [-0.15, -0.1) is 0 Å². The van der Waals surface area contributed by atoms with Crippen LogP contribution in [0.1, 0.15) is 18.4 Å². The van der Waals surface area contributed by atoms with Crippen LogP contribution in [-0.4, -0.2) is 13.2 Å². The van der Waals surface area contributed by atoms with Crippen LogP contribution >= 0.6 is 11.6 Å². The Balaban J connectivity index is 2.52. The maximum atomic E-state index is 13.9. The summed E-state index contributed by atoms with van der Waals surface area (Å²) in [6, 6.07) is 3.12. The minimum absolute atomic E-state index is 0.0765. The first-order chi connectivity index (χ1) is 7.64. The molecule has 0 atom stereocenters. The Kier molecular flexibility index (Phi) is 2.70. The van der Waals surface area contributed by atoms with Crippen molar-refractivity contribution < 1.29 is 13.9 Å². The number of aliphatic imine (C=N–C) groups is 1. The Hall–Kier alpha value is -1.38. The van der Waals surface area contributed by atoms with E-state index in [0.29, 0.717) is 18.4 Å². The summed E-state index contributed by atoms with van der Waals surface area (Å²) < 4.78 is 18.8. The molecule has 1 fully saturated rings. The van der Waals surface area contributed by atoms with Crippen LogP contribution in [0.3, 0.4) is 0 Å². The summed E-state index contributed by atoms with van der Waals surface area (Å²) in [5.74, 6) is -0.300. The fourth-order valence-corrected chi connectivity index (χ4v) is 1.94. The molecular weight excluding hydrogens is 233 g/mol. The predicted octanol–water partition coefficient (Wildman–Crippen LogP) is 2.81. The minimum Gasteiger partial charge on any atom is -0.495 e. The van der Waals surface area contributed by atoms with Crippen LogP contribution in [-0.2, 0) is 10.3 Å². The van der Waals surface area contributed by atoms with Gasteiger partial charge in [-0.05, 0) is 25.0 Å². The molecule has 5 heteroatoms. The Bertz CT molecular complexity index is 479. The van der Waals surface area contributed by atoms with Gasteiger partial charge in [-0.3, -0.25) is 0 Å². The lowest BCUT2D eigenvalue weighted by Crippen LogP contribution is -2.06. The third-order valence-electron chi connectivity index (χ3n) is 2.75. The molecule has 2 rings (SSSR count). The topological polar surface area (TPSA) is 38.7 Å². The molecule has 0 aromatic heterocycles. The molecule has 0 radical (unpaired) electrons. The Morgan fingerprint density at radius 1 is 1.56 bits per heavy atom. The van der Waals surface area contributed by atoms with Crippen molar-refractivity contribution in [2.45, 2.75) is 18.4 Å². The third kappa shape index (κ3) is 1.60. The molecule has 1 aromatic rings. The van der Waals surface area contributed by atoms with E-state index in [9.17, 15) is 9.18 Å². The number of methoxy groups -OCH3 is 1. The lowest BCUT2D eigenvalue weighted by Gasteiger charge is -2.12. The van der Waals surface area contributed by atoms with E-state index in [1.54, 1.807) is 12.1 Å². The highest BCUT2D eigenvalue weighted by atomic mass is 35.5. The van der Waals surface area contributed by atoms with Gasteiger partial charge in [0.05, 0.1) is 7.11 Å². The summed E-state index contributed by atoms with van der Waals surface area (Å²) in [4.78, 5) is 13.9. The smallest absolute Gasteiger partial charge is 0.235 e. The van der Waals surface area contributed by atoms with Gasteiger partial charge in [0, 0.05) is 5.56 Å². The van der Waals surface area contributed by atoms with Crippen LogP contribution in [0.2, 0.25) is 5.02 Å². The van der Waals surface area contributed by atoms with E-state index in [2.05, 4.69) is 4.99 Å². The monoisotopic (exact) mass is 241 g/mol. The highest BCUT2D eigenvalue weighted by molar-refractivity contribution is 6.32. The van der Waals surface area contributed by atoms with E-state index in [1.807, 2.05) is 0 Å². The first-order valence-electron chi connectivity index (χ1n) is 4.76. The Labute approximate surface area is 96.9 Å². The maximum Gasteiger partial charge on any atom is 0.235 e. The van der Waals surface area contributed by atoms with Crippen LogP contribution in [0.4, 0.5) is 4.39 Å². The van der Waals surface area contributed by atoms with Crippen LogP contribution in [0.25, 0.3) is 0 Å². The third-order valence-corrected chi connectivity index (χ3v) is 3.10. The molecule has 0 unspecified atom stereocenters. The minimum atomic E-state index is -0.748. The van der Waals surface area contributed by atoms with Crippen LogP contribution in [0.5, 0.6) is 5.75 Å². The molecule has 0 heterocycles. The van der Waals surface area contributed by atoms with Crippen molar-refractivity contribution in [2.24, 2.45) is 4.99 Å². The van der Waals surface area contributed by atoms with Crippen molar-refractivity contribution >= 4 is 17.7 Å². The molecule has 84 valence electrons. The van der Waals surface area contributed by atoms with E-state index < -0.39 is 11.4 Å². The zero-order valence-corrected chi connectivity index (χ0v) is 9.34. The first kappa shape index (κ1) is 11.1. The summed E-state index contributed by atoms with van der Waals surface area (Å²) in [6.45, 7) is 0. The summed E-state index contributed by atoms with van der Waals surface area (Å²) >= 11 is 5.79. The van der Waals surface area contributed by atoms with E-state index in [1.165, 1.54) is 13.2 Å². The van der Waals surface area contributed by atoms with Gasteiger partial charge >= 0.3 is 0 Å². The fourth-order valence-electron chi connectivity index (χ4n) is 1.70. The fraction of sp³-hybridized carbons (Fsp3) is 0.364. The summed E-state index contributed by atoms with van der Waals surface area (Å²) in [5.41, 5.74) is -0.413. The number of carbonyl (C=O) groups excluding carboxylic acids is 1. The molecule has 0 spiro atoms. The molecule has 3 nitrogen and oxygen atoms in total. The number of ether oxygens (including phenoxy) is 1. The normalized spacial score (nSPS) is 16.4. The molecule has 1 saturated carbocycles. The average molecular weight is 242 g/mol. The number of hydrogen-bond donors (Lipinski definition) is 0. The second-order valence-corrected chi connectivity index (χ2v) is 4.06. The number of benzene rings is 1. The van der Waals surface area contributed by atoms with Gasteiger partial charge in [-0.2, -0.15) is 4.99 Å². The molecular formula is C11H9ClFNO2. The number of halogens is 2. The largest absolute Gasteiger partial charge is 0.495 e. The maximum absolute atomic E-state index is 13.9. The highest BCUT2D eigenvalue weighted by Gasteiger charge is 2.47. The van der Waals surface area contributed by atoms with Crippen LogP contribution < -0.4 is 4.74 Å². The SMILES string of the molecule is COc1ccc(C2(N=C=O)CC2)c(F)c1Cl. The summed E-state index contributed by atoms with van der Waals surface area (Å²) in [6.07, 6.45) is 2.76. The van der Waals surface area contributed by atoms with Crippen molar-refractivity contribution in [1.29, 1.82) is 0 Å². The van der Waals surface area contributed by atoms with Gasteiger partial charge in [0.15, 0.2) is 5.82 Å². The van der Waals surface area contributed by atoms with Crippen molar-refractivity contribution in [3.8, 4) is 5.75 Å². The van der Waals surface area contributed by atoms with Gasteiger partial charge in [0.25, 0.3) is 0 Å². The number of nitrogens with zero attached hydrogens (tertiary/aromatic N) is 1. The van der Waals surface area contributed by atoms with Gasteiger partial charge in [0.2, 0.25) is 6.08 Å². The lowest BCUT2D eigenvalue weighted by molar-refractivity contribution is 0.410. The zero-order chi connectivity index (χ0) is 11.8. The second kappa shape index (κ2) is 3.89. The van der Waals surface area contributed by atoms with Gasteiger partial charge < -0.3 is 4.74 Å². The van der Waals surface area contributed by atoms with Gasteiger partial charge in [-0.1, -0.05) is 11.6 Å².